The Morgan fingerprint density at radius 2 is 1.56 bits per heavy atom. The van der Waals surface area contributed by atoms with E-state index in [1.165, 1.54) is 37.6 Å². The summed E-state index contributed by atoms with van der Waals surface area (Å²) in [7, 11) is -1.61. The molecule has 0 radical (unpaired) electrons. The smallest absolute Gasteiger partial charge is 0.257 e. The fourth-order valence-corrected chi connectivity index (χ4v) is 7.78. The number of fused-ring (bicyclic) bond motifs is 1. The van der Waals surface area contributed by atoms with Crippen LogP contribution < -0.4 is 19.8 Å². The molecule has 7 rings (SSSR count). The van der Waals surface area contributed by atoms with E-state index in [2.05, 4.69) is 49.8 Å². The maximum Gasteiger partial charge on any atom is 0.257 e. The van der Waals surface area contributed by atoms with Gasteiger partial charge >= 0.3 is 0 Å². The highest BCUT2D eigenvalue weighted by Gasteiger charge is 2.48. The van der Waals surface area contributed by atoms with Crippen LogP contribution in [0.1, 0.15) is 55.3 Å². The number of aromatic nitrogens is 1. The number of nitrogens with one attached hydrogen (secondary N) is 2. The molecule has 0 bridgehead atoms. The van der Waals surface area contributed by atoms with E-state index in [-0.39, 0.29) is 11.7 Å². The molecule has 2 saturated carbocycles. The largest absolute Gasteiger partial charge is 0.395 e. The minimum absolute atomic E-state index is 0.210. The summed E-state index contributed by atoms with van der Waals surface area (Å²) < 4.78 is 29.5. The highest BCUT2D eigenvalue weighted by atomic mass is 32.2. The number of aryl methyl sites for hydroxylation is 1. The summed E-state index contributed by atoms with van der Waals surface area (Å²) in [6.45, 7) is 3.32. The van der Waals surface area contributed by atoms with Gasteiger partial charge < -0.3 is 24.8 Å². The predicted octanol–water partition coefficient (Wildman–Crippen LogP) is 4.54. The van der Waals surface area contributed by atoms with E-state index in [1.54, 1.807) is 18.2 Å². The highest BCUT2D eigenvalue weighted by molar-refractivity contribution is 7.92. The van der Waals surface area contributed by atoms with Crippen molar-refractivity contribution in [3.63, 3.8) is 0 Å². The first kappa shape index (κ1) is 26.6. The van der Waals surface area contributed by atoms with Crippen molar-refractivity contribution in [3.05, 3.63) is 48.2 Å². The first-order valence-electron chi connectivity index (χ1n) is 14.8. The van der Waals surface area contributed by atoms with Crippen molar-refractivity contribution in [2.45, 2.75) is 44.9 Å². The molecule has 2 saturated heterocycles. The maximum atomic E-state index is 13.9. The number of carbonyl (C=O) groups is 1. The number of benzene rings is 2. The highest BCUT2D eigenvalue weighted by Crippen LogP contribution is 2.55. The molecule has 9 nitrogen and oxygen atoms in total. The molecular weight excluding hydrogens is 538 g/mol. The second-order valence-electron chi connectivity index (χ2n) is 12.8. The number of rotatable bonds is 8. The van der Waals surface area contributed by atoms with Gasteiger partial charge in [0.2, 0.25) is 10.0 Å². The number of aliphatic hydroxyl groups is 1. The van der Waals surface area contributed by atoms with E-state index < -0.39 is 16.6 Å². The molecule has 0 atom stereocenters. The van der Waals surface area contributed by atoms with E-state index in [9.17, 15) is 13.2 Å². The standard InChI is InChI=1S/C31H39N5O4S/c1-34-12-4-22-18-24(20-27(28(22)34)36-15-11-31(21-36)7-8-31)32-29(38)25-3-2-23(33-41(39,40)17-16-37)19-26(25)35-13-9-30(5-6-30)10-14-35/h2-4,12,18-20,33,37H,5-11,13-17,21H2,1H3,(H,32,38). The number of hydrogen-bond donors (Lipinski definition) is 3. The van der Waals surface area contributed by atoms with Crippen molar-refractivity contribution in [1.29, 1.82) is 0 Å². The Bertz CT molecular complexity index is 1610. The lowest BCUT2D eigenvalue weighted by atomic mass is 9.93. The second kappa shape index (κ2) is 9.66. The molecule has 2 aromatic carbocycles. The van der Waals surface area contributed by atoms with Crippen molar-refractivity contribution in [1.82, 2.24) is 4.57 Å². The van der Waals surface area contributed by atoms with Gasteiger partial charge in [0.15, 0.2) is 0 Å². The summed E-state index contributed by atoms with van der Waals surface area (Å²) in [5, 5.41) is 13.4. The fourth-order valence-electron chi connectivity index (χ4n) is 6.95. The van der Waals surface area contributed by atoms with E-state index in [1.807, 2.05) is 6.07 Å². The van der Waals surface area contributed by atoms with Gasteiger partial charge in [0, 0.05) is 50.5 Å². The van der Waals surface area contributed by atoms with E-state index in [0.717, 1.165) is 61.5 Å². The quantitative estimate of drug-likeness (QED) is 0.363. The maximum absolute atomic E-state index is 13.9. The van der Waals surface area contributed by atoms with Crippen LogP contribution in [-0.4, -0.2) is 62.5 Å². The fraction of sp³-hybridized carbons (Fsp3) is 0.516. The van der Waals surface area contributed by atoms with E-state index >= 15 is 0 Å². The van der Waals surface area contributed by atoms with Crippen LogP contribution in [0.25, 0.3) is 10.9 Å². The second-order valence-corrected chi connectivity index (χ2v) is 14.7. The number of nitrogens with zero attached hydrogens (tertiary/aromatic N) is 3. The molecule has 1 amide bonds. The number of amides is 1. The van der Waals surface area contributed by atoms with Gasteiger partial charge in [-0.25, -0.2) is 8.42 Å². The molecule has 2 aliphatic carbocycles. The third kappa shape index (κ3) is 5.16. The first-order chi connectivity index (χ1) is 19.7. The van der Waals surface area contributed by atoms with Crippen LogP contribution in [0.15, 0.2) is 42.6 Å². The molecule has 4 aliphatic rings. The molecule has 3 heterocycles. The molecule has 2 spiro atoms. The molecule has 1 aromatic heterocycles. The SMILES string of the molecule is Cn1ccc2cc(NC(=O)c3ccc(NS(=O)(=O)CCO)cc3N3CCC4(CC3)CC4)cc(N3CCC4(CC4)C3)c21. The molecule has 3 aromatic rings. The van der Waals surface area contributed by atoms with Crippen molar-refractivity contribution >= 4 is 49.6 Å². The number of hydrogen-bond acceptors (Lipinski definition) is 6. The molecule has 2 aliphatic heterocycles. The number of sulfonamides is 1. The zero-order valence-electron chi connectivity index (χ0n) is 23.7. The number of anilines is 4. The van der Waals surface area contributed by atoms with Gasteiger partial charge in [0.25, 0.3) is 5.91 Å². The Balaban J connectivity index is 1.19. The van der Waals surface area contributed by atoms with Crippen LogP contribution >= 0.6 is 0 Å². The normalized spacial score (nSPS) is 20.6. The summed E-state index contributed by atoms with van der Waals surface area (Å²) in [6, 6.07) is 11.3. The third-order valence-corrected chi connectivity index (χ3v) is 11.2. The molecule has 218 valence electrons. The van der Waals surface area contributed by atoms with E-state index in [0.29, 0.717) is 22.1 Å². The van der Waals surface area contributed by atoms with E-state index in [4.69, 9.17) is 5.11 Å². The minimum atomic E-state index is -3.68. The van der Waals surface area contributed by atoms with Gasteiger partial charge in [-0.1, -0.05) is 0 Å². The summed E-state index contributed by atoms with van der Waals surface area (Å²) >= 11 is 0. The summed E-state index contributed by atoms with van der Waals surface area (Å²) in [5.41, 5.74) is 5.71. The zero-order chi connectivity index (χ0) is 28.4. The summed E-state index contributed by atoms with van der Waals surface area (Å²) in [6.07, 6.45) is 10.6. The van der Waals surface area contributed by atoms with Crippen molar-refractivity contribution in [3.8, 4) is 0 Å². The average molecular weight is 578 g/mol. The van der Waals surface area contributed by atoms with Gasteiger partial charge in [-0.05, 0) is 92.2 Å². The third-order valence-electron chi connectivity index (χ3n) is 9.94. The van der Waals surface area contributed by atoms with Crippen LogP contribution in [0, 0.1) is 10.8 Å². The lowest BCUT2D eigenvalue weighted by Gasteiger charge is -2.35. The Hall–Kier alpha value is -3.24. The topological polar surface area (TPSA) is 107 Å². The Kier molecular flexibility index (Phi) is 6.28. The van der Waals surface area contributed by atoms with Crippen LogP contribution in [0.2, 0.25) is 0 Å². The van der Waals surface area contributed by atoms with Gasteiger partial charge in [0.1, 0.15) is 0 Å². The molecule has 0 unspecified atom stereocenters. The Morgan fingerprint density at radius 1 is 0.878 bits per heavy atom. The minimum Gasteiger partial charge on any atom is -0.395 e. The Morgan fingerprint density at radius 3 is 2.24 bits per heavy atom. The Labute approximate surface area is 241 Å². The molecular formula is C31H39N5O4S. The van der Waals surface area contributed by atoms with Crippen LogP contribution in [0.4, 0.5) is 22.7 Å². The molecule has 10 heteroatoms. The average Bonchev–Trinajstić information content (AvgIpc) is 3.79. The van der Waals surface area contributed by atoms with Crippen LogP contribution in [0.5, 0.6) is 0 Å². The van der Waals surface area contributed by atoms with Gasteiger partial charge in [-0.2, -0.15) is 0 Å². The monoisotopic (exact) mass is 577 g/mol. The number of aliphatic hydroxyl groups excluding tert-OH is 1. The van der Waals surface area contributed by atoms with Gasteiger partial charge in [-0.3, -0.25) is 9.52 Å². The lowest BCUT2D eigenvalue weighted by Crippen LogP contribution is -2.35. The number of piperidine rings is 1. The van der Waals surface area contributed by atoms with Crippen molar-refractivity contribution in [2.24, 2.45) is 17.9 Å². The van der Waals surface area contributed by atoms with Crippen LogP contribution in [0.3, 0.4) is 0 Å². The summed E-state index contributed by atoms with van der Waals surface area (Å²) in [5.74, 6) is -0.586. The van der Waals surface area contributed by atoms with Gasteiger partial charge in [0.05, 0.1) is 40.5 Å². The molecule has 3 N–H and O–H groups in total. The predicted molar refractivity (Wildman–Crippen MR) is 163 cm³/mol. The molecule has 4 fully saturated rings. The molecule has 41 heavy (non-hydrogen) atoms. The van der Waals surface area contributed by atoms with Crippen molar-refractivity contribution < 1.29 is 18.3 Å². The van der Waals surface area contributed by atoms with Crippen LogP contribution in [-0.2, 0) is 17.1 Å². The zero-order valence-corrected chi connectivity index (χ0v) is 24.5. The number of carbonyl (C=O) groups excluding carboxylic acids is 1. The van der Waals surface area contributed by atoms with Gasteiger partial charge in [-0.15, -0.1) is 0 Å². The summed E-state index contributed by atoms with van der Waals surface area (Å²) in [4.78, 5) is 18.6. The van der Waals surface area contributed by atoms with Crippen molar-refractivity contribution in [2.75, 3.05) is 58.4 Å². The lowest BCUT2D eigenvalue weighted by molar-refractivity contribution is 0.102. The first-order valence-corrected chi connectivity index (χ1v) is 16.5.